The van der Waals surface area contributed by atoms with E-state index in [-0.39, 0.29) is 164 Å². The first-order valence-electron chi connectivity index (χ1n) is 1.02. The van der Waals surface area contributed by atoms with Gasteiger partial charge in [0, 0.05) is 164 Å². The zero-order valence-corrected chi connectivity index (χ0v) is 14.6. The molecule has 4 nitrogen and oxygen atoms in total. The van der Waals surface area contributed by atoms with E-state index in [0.29, 0.717) is 0 Å². The summed E-state index contributed by atoms with van der Waals surface area (Å²) in [7, 11) is 0. The molecule has 0 spiro atoms. The Morgan fingerprint density at radius 3 is 1.00 bits per heavy atom. The van der Waals surface area contributed by atoms with Crippen molar-refractivity contribution < 1.29 is 184 Å². The molecule has 0 aromatic heterocycles. The van der Waals surface area contributed by atoms with E-state index < -0.39 is 6.16 Å². The third kappa shape index (κ3) is 15.9. The Bertz CT molecular complexity index is 54.5. The first-order chi connectivity index (χ1) is 2.21. The molecule has 1 fully saturated rings. The number of rotatable bonds is 0. The fraction of sp³-hybridized carbons (Fsp3) is 1.00. The Morgan fingerprint density at radius 1 is 0.889 bits per heavy atom. The summed E-state index contributed by atoms with van der Waals surface area (Å²) in [4.78, 5) is 7.01. The van der Waals surface area contributed by atoms with Crippen LogP contribution >= 0.6 is 0 Å². The van der Waals surface area contributed by atoms with Gasteiger partial charge in [0.2, 0.25) is 0 Å². The number of hydrogen-bond acceptors (Lipinski definition) is 4. The largest absolute Gasteiger partial charge is 0.461 e. The molecule has 0 bridgehead atoms. The minimum absolute atomic E-state index is 0. The molecule has 8 heteroatoms. The van der Waals surface area contributed by atoms with Crippen molar-refractivity contribution in [1.29, 1.82) is 0 Å². The van der Waals surface area contributed by atoms with Crippen LogP contribution in [0.4, 0.5) is 0 Å². The van der Waals surface area contributed by atoms with Crippen molar-refractivity contribution in [1.82, 2.24) is 0 Å². The summed E-state index contributed by atoms with van der Waals surface area (Å²) >= 11 is 0. The molecule has 0 aliphatic carbocycles. The van der Waals surface area contributed by atoms with Crippen LogP contribution in [0.2, 0.25) is 0 Å². The fourth-order valence-electron chi connectivity index (χ4n) is 0.0373. The van der Waals surface area contributed by atoms with Crippen LogP contribution < -0.4 is 0 Å². The second kappa shape index (κ2) is 11.3. The van der Waals surface area contributed by atoms with Gasteiger partial charge in [-0.05, 0) is 0 Å². The van der Waals surface area contributed by atoms with Gasteiger partial charge in [-0.15, -0.1) is 9.78 Å². The van der Waals surface area contributed by atoms with E-state index in [4.69, 9.17) is 10.2 Å². The van der Waals surface area contributed by atoms with Crippen LogP contribution in [-0.4, -0.2) is 16.4 Å². The number of aliphatic hydroxyl groups is 2. The van der Waals surface area contributed by atoms with E-state index in [1.807, 2.05) is 0 Å². The minimum Gasteiger partial charge on any atom is -0.315 e. The summed E-state index contributed by atoms with van der Waals surface area (Å²) in [5.74, 6) is 0. The first-order valence-corrected chi connectivity index (χ1v) is 1.02. The molecule has 0 aromatic rings. The molecule has 1 rings (SSSR count). The average Bonchev–Trinajstić information content (AvgIpc) is 1.76. The summed E-state index contributed by atoms with van der Waals surface area (Å²) in [5.41, 5.74) is 0. The summed E-state index contributed by atoms with van der Waals surface area (Å²) < 4.78 is 0. The Kier molecular flexibility index (Phi) is 29.9. The Labute approximate surface area is 184 Å². The third-order valence-corrected chi connectivity index (χ3v) is 0.232. The average molecular weight is 560 g/mol. The summed E-state index contributed by atoms with van der Waals surface area (Å²) in [6.45, 7) is 0. The molecular weight excluding hydrogens is 558 g/mol. The molecule has 0 saturated carbocycles. The smallest absolute Gasteiger partial charge is 0.315 e. The van der Waals surface area contributed by atoms with Crippen molar-refractivity contribution >= 4 is 0 Å². The predicted octanol–water partition coefficient (Wildman–Crippen LogP) is -1.46. The molecule has 0 aromatic carbocycles. The van der Waals surface area contributed by atoms with Crippen molar-refractivity contribution in [3.05, 3.63) is 0 Å². The van der Waals surface area contributed by atoms with Gasteiger partial charge in [-0.2, -0.15) is 0 Å². The van der Waals surface area contributed by atoms with Crippen molar-refractivity contribution in [2.24, 2.45) is 0 Å². The van der Waals surface area contributed by atoms with Crippen molar-refractivity contribution in [2.75, 3.05) is 0 Å². The van der Waals surface area contributed by atoms with Crippen molar-refractivity contribution in [2.45, 2.75) is 6.16 Å². The maximum atomic E-state index is 7.74. The predicted molar refractivity (Wildman–Crippen MR) is 9.34 cm³/mol. The molecule has 2 N–H and O–H groups in total. The molecule has 1 aliphatic rings. The molecule has 0 atom stereocenters. The molecular formula is CH2Eu2O4Y2. The first kappa shape index (κ1) is 23.8. The Hall–Kier alpha value is 5.22. The summed E-state index contributed by atoms with van der Waals surface area (Å²) in [6.07, 6.45) is -2.25. The van der Waals surface area contributed by atoms with Crippen LogP contribution in [0.1, 0.15) is 0 Å². The van der Waals surface area contributed by atoms with Gasteiger partial charge in [-0.25, -0.2) is 0 Å². The van der Waals surface area contributed by atoms with Gasteiger partial charge in [0.05, 0.1) is 0 Å². The molecule has 4 radical (unpaired) electrons. The van der Waals surface area contributed by atoms with E-state index in [0.717, 1.165) is 0 Å². The Morgan fingerprint density at radius 2 is 1.00 bits per heavy atom. The van der Waals surface area contributed by atoms with E-state index in [2.05, 4.69) is 9.78 Å². The van der Waals surface area contributed by atoms with Gasteiger partial charge in [0.25, 0.3) is 0 Å². The SMILES string of the molecule is OC1(O)OO1.[Eu].[Eu].[Y].[Y]. The summed E-state index contributed by atoms with van der Waals surface area (Å²) in [5, 5.41) is 15.5. The maximum Gasteiger partial charge on any atom is 0.461 e. The van der Waals surface area contributed by atoms with E-state index in [9.17, 15) is 0 Å². The molecule has 1 aliphatic heterocycles. The minimum atomic E-state index is -2.25. The molecule has 1 saturated heterocycles. The van der Waals surface area contributed by atoms with E-state index in [1.54, 1.807) is 0 Å². The van der Waals surface area contributed by atoms with Crippen molar-refractivity contribution in [3.8, 4) is 0 Å². The monoisotopic (exact) mass is 562 g/mol. The van der Waals surface area contributed by atoms with Gasteiger partial charge in [0.15, 0.2) is 0 Å². The molecule has 9 heavy (non-hydrogen) atoms. The molecule has 1 heterocycles. The van der Waals surface area contributed by atoms with Crippen LogP contribution in [0.25, 0.3) is 0 Å². The van der Waals surface area contributed by atoms with Gasteiger partial charge in [0.1, 0.15) is 0 Å². The zero-order valence-electron chi connectivity index (χ0n) is 4.12. The molecule has 50 valence electrons. The van der Waals surface area contributed by atoms with E-state index >= 15 is 0 Å². The standard InChI is InChI=1S/CH2O4.2Eu.2Y/c2-1(3)4-5-1;;;;/h2-3H;;;;. The van der Waals surface area contributed by atoms with Gasteiger partial charge in [-0.1, -0.05) is 0 Å². The fourth-order valence-corrected chi connectivity index (χ4v) is 0.0373. The number of hydrogen-bond donors (Lipinski definition) is 2. The van der Waals surface area contributed by atoms with Crippen LogP contribution in [0, 0.1) is 98.8 Å². The van der Waals surface area contributed by atoms with E-state index in [1.165, 1.54) is 0 Å². The molecule has 0 unspecified atom stereocenters. The van der Waals surface area contributed by atoms with Crippen LogP contribution in [0.15, 0.2) is 0 Å². The second-order valence-electron chi connectivity index (χ2n) is 0.715. The zero-order chi connectivity index (χ0) is 3.91. The van der Waals surface area contributed by atoms with Gasteiger partial charge < -0.3 is 10.2 Å². The van der Waals surface area contributed by atoms with Gasteiger partial charge in [-0.3, -0.25) is 0 Å². The molecule has 0 amide bonds. The maximum absolute atomic E-state index is 7.74. The quantitative estimate of drug-likeness (QED) is 0.216. The normalized spacial score (nSPS) is 16.7. The van der Waals surface area contributed by atoms with Crippen LogP contribution in [0.3, 0.4) is 0 Å². The summed E-state index contributed by atoms with van der Waals surface area (Å²) in [6, 6.07) is 0. The Balaban J connectivity index is -0.0000000312. The van der Waals surface area contributed by atoms with Crippen LogP contribution in [-0.2, 0) is 75.2 Å². The van der Waals surface area contributed by atoms with Gasteiger partial charge >= 0.3 is 6.16 Å². The third-order valence-electron chi connectivity index (χ3n) is 0.232. The van der Waals surface area contributed by atoms with Crippen LogP contribution in [0.5, 0.6) is 0 Å². The second-order valence-corrected chi connectivity index (χ2v) is 0.715. The topological polar surface area (TPSA) is 65.5 Å². The van der Waals surface area contributed by atoms with Crippen molar-refractivity contribution in [3.63, 3.8) is 0 Å².